The summed E-state index contributed by atoms with van der Waals surface area (Å²) in [5, 5.41) is 11.3. The maximum atomic E-state index is 13.7. The van der Waals surface area contributed by atoms with E-state index in [1.165, 1.54) is 0 Å². The normalized spacial score (nSPS) is 20.4. The van der Waals surface area contributed by atoms with E-state index in [9.17, 15) is 24.0 Å². The van der Waals surface area contributed by atoms with E-state index in [4.69, 9.17) is 4.42 Å². The molecule has 2 aliphatic rings. The first-order chi connectivity index (χ1) is 22.9. The Morgan fingerprint density at radius 2 is 1.58 bits per heavy atom. The van der Waals surface area contributed by atoms with Crippen molar-refractivity contribution in [2.75, 3.05) is 13.1 Å². The number of amides is 5. The number of aryl methyl sites for hydroxylation is 2. The van der Waals surface area contributed by atoms with E-state index in [-0.39, 0.29) is 36.5 Å². The Bertz CT molecular complexity index is 1590. The minimum absolute atomic E-state index is 0.0590. The highest BCUT2D eigenvalue weighted by Gasteiger charge is 2.30. The fourth-order valence-corrected chi connectivity index (χ4v) is 5.56. The molecule has 256 valence electrons. The Morgan fingerprint density at radius 3 is 2.23 bits per heavy atom. The summed E-state index contributed by atoms with van der Waals surface area (Å²) in [6.07, 6.45) is 1.70. The number of hydrogen-bond acceptors (Lipinski definition) is 7. The molecule has 3 heterocycles. The molecule has 0 unspecified atom stereocenters. The Balaban J connectivity index is 1.63. The van der Waals surface area contributed by atoms with Crippen LogP contribution in [0.3, 0.4) is 0 Å². The molecule has 1 aromatic heterocycles. The van der Waals surface area contributed by atoms with Gasteiger partial charge in [-0.3, -0.25) is 24.0 Å². The lowest BCUT2D eigenvalue weighted by Gasteiger charge is -2.25. The van der Waals surface area contributed by atoms with E-state index in [1.54, 1.807) is 49.9 Å². The first-order valence-electron chi connectivity index (χ1n) is 16.5. The van der Waals surface area contributed by atoms with Crippen LogP contribution in [0.5, 0.6) is 0 Å². The highest BCUT2D eigenvalue weighted by Crippen LogP contribution is 2.17. The van der Waals surface area contributed by atoms with Crippen LogP contribution >= 0.6 is 0 Å². The molecule has 2 aliphatic heterocycles. The standard InChI is InChI=1S/C36H46N6O6/c1-22(2)19-29-34(45)39-24(4)32(43)37-17-9-10-18-42(36(47)31-23(3)38-25(5)48-31)21-27-13-15-28(16-14-27)33(44)40-30(35(46)41-29)20-26-11-7-6-8-12-26/h6-8,11-16,22,24,29-30H,9-10,17-21H2,1-5H3,(H,37,43)(H,39,45)(H,40,44)(H,41,46)/t24-,29+,30-/m1/s1. The second-order valence-corrected chi connectivity index (χ2v) is 12.7. The molecule has 48 heavy (non-hydrogen) atoms. The Hall–Kier alpha value is -5.00. The van der Waals surface area contributed by atoms with E-state index < -0.39 is 35.8 Å². The predicted octanol–water partition coefficient (Wildman–Crippen LogP) is 3.22. The third-order valence-electron chi connectivity index (χ3n) is 8.13. The zero-order chi connectivity index (χ0) is 34.8. The molecule has 3 atom stereocenters. The number of benzene rings is 2. The summed E-state index contributed by atoms with van der Waals surface area (Å²) in [5.41, 5.74) is 2.46. The first-order valence-corrected chi connectivity index (χ1v) is 16.5. The third kappa shape index (κ3) is 10.00. The number of carbonyl (C=O) groups is 5. The zero-order valence-corrected chi connectivity index (χ0v) is 28.3. The maximum absolute atomic E-state index is 13.7. The molecule has 0 spiro atoms. The van der Waals surface area contributed by atoms with E-state index in [1.807, 2.05) is 44.2 Å². The van der Waals surface area contributed by atoms with Crippen LogP contribution in [-0.2, 0) is 27.3 Å². The molecular weight excluding hydrogens is 612 g/mol. The molecule has 0 aliphatic carbocycles. The largest absolute Gasteiger partial charge is 0.436 e. The monoisotopic (exact) mass is 658 g/mol. The molecule has 3 aromatic rings. The average Bonchev–Trinajstić information content (AvgIpc) is 3.40. The number of nitrogens with zero attached hydrogens (tertiary/aromatic N) is 2. The molecule has 5 rings (SSSR count). The van der Waals surface area contributed by atoms with Gasteiger partial charge < -0.3 is 30.6 Å². The molecule has 12 heteroatoms. The topological polar surface area (TPSA) is 163 Å². The van der Waals surface area contributed by atoms with Crippen LogP contribution in [-0.4, -0.2) is 70.6 Å². The highest BCUT2D eigenvalue weighted by atomic mass is 16.4. The first kappa shape index (κ1) is 35.8. The van der Waals surface area contributed by atoms with Crippen molar-refractivity contribution in [3.63, 3.8) is 0 Å². The summed E-state index contributed by atoms with van der Waals surface area (Å²) < 4.78 is 5.62. The smallest absolute Gasteiger partial charge is 0.291 e. The molecular formula is C36H46N6O6. The van der Waals surface area contributed by atoms with Crippen LogP contribution in [0.1, 0.15) is 83.7 Å². The maximum Gasteiger partial charge on any atom is 0.291 e. The van der Waals surface area contributed by atoms with Gasteiger partial charge in [0, 0.05) is 38.5 Å². The Kier molecular flexibility index (Phi) is 12.5. The summed E-state index contributed by atoms with van der Waals surface area (Å²) in [6, 6.07) is 13.4. The van der Waals surface area contributed by atoms with Crippen molar-refractivity contribution in [1.82, 2.24) is 31.2 Å². The van der Waals surface area contributed by atoms with E-state index in [0.29, 0.717) is 49.5 Å². The second-order valence-electron chi connectivity index (χ2n) is 12.7. The van der Waals surface area contributed by atoms with Crippen molar-refractivity contribution in [3.8, 4) is 0 Å². The van der Waals surface area contributed by atoms with Gasteiger partial charge in [-0.15, -0.1) is 0 Å². The van der Waals surface area contributed by atoms with Crippen molar-refractivity contribution in [3.05, 3.63) is 88.6 Å². The van der Waals surface area contributed by atoms with Gasteiger partial charge in [0.15, 0.2) is 5.89 Å². The quantitative estimate of drug-likeness (QED) is 0.306. The lowest BCUT2D eigenvalue weighted by atomic mass is 10.0. The van der Waals surface area contributed by atoms with Gasteiger partial charge >= 0.3 is 0 Å². The lowest BCUT2D eigenvalue weighted by Crippen LogP contribution is -2.57. The summed E-state index contributed by atoms with van der Waals surface area (Å²) in [6.45, 7) is 9.84. The van der Waals surface area contributed by atoms with E-state index in [2.05, 4.69) is 26.3 Å². The van der Waals surface area contributed by atoms with Crippen LogP contribution in [0, 0.1) is 19.8 Å². The number of carbonyl (C=O) groups excluding carboxylic acids is 5. The minimum Gasteiger partial charge on any atom is -0.436 e. The summed E-state index contributed by atoms with van der Waals surface area (Å²) >= 11 is 0. The highest BCUT2D eigenvalue weighted by molar-refractivity contribution is 5.99. The predicted molar refractivity (Wildman–Crippen MR) is 180 cm³/mol. The van der Waals surface area contributed by atoms with Crippen LogP contribution in [0.15, 0.2) is 59.0 Å². The van der Waals surface area contributed by atoms with Gasteiger partial charge in [-0.1, -0.05) is 56.3 Å². The summed E-state index contributed by atoms with van der Waals surface area (Å²) in [5.74, 6) is -1.50. The number of fused-ring (bicyclic) bond motifs is 18. The molecule has 0 saturated carbocycles. The number of rotatable bonds is 5. The minimum atomic E-state index is -0.987. The van der Waals surface area contributed by atoms with Crippen molar-refractivity contribution in [1.29, 1.82) is 0 Å². The molecule has 4 N–H and O–H groups in total. The molecule has 5 amide bonds. The molecule has 2 bridgehead atoms. The van der Waals surface area contributed by atoms with E-state index in [0.717, 1.165) is 11.1 Å². The summed E-state index contributed by atoms with van der Waals surface area (Å²) in [7, 11) is 0. The van der Waals surface area contributed by atoms with Gasteiger partial charge in [0.25, 0.3) is 11.8 Å². The van der Waals surface area contributed by atoms with Gasteiger partial charge in [0.1, 0.15) is 18.1 Å². The number of aromatic nitrogens is 1. The van der Waals surface area contributed by atoms with Crippen molar-refractivity contribution < 1.29 is 28.4 Å². The number of oxazole rings is 1. The van der Waals surface area contributed by atoms with Gasteiger partial charge in [0.05, 0.1) is 5.69 Å². The van der Waals surface area contributed by atoms with Crippen LogP contribution in [0.4, 0.5) is 0 Å². The SMILES string of the molecule is Cc1nc(C)c(C(=O)N2CCCCNC(=O)[C@@H](C)NC(=O)[C@H](CC(C)C)NC(=O)[C@@H](Cc3ccccc3)NC(=O)c3ccc(cc3)C2)o1. The summed E-state index contributed by atoms with van der Waals surface area (Å²) in [4.78, 5) is 72.9. The number of hydrogen-bond donors (Lipinski definition) is 4. The second kappa shape index (κ2) is 16.7. The molecule has 0 fully saturated rings. The fourth-order valence-electron chi connectivity index (χ4n) is 5.56. The Morgan fingerprint density at radius 1 is 0.896 bits per heavy atom. The zero-order valence-electron chi connectivity index (χ0n) is 28.3. The lowest BCUT2D eigenvalue weighted by molar-refractivity contribution is -0.132. The van der Waals surface area contributed by atoms with Gasteiger partial charge in [0.2, 0.25) is 23.5 Å². The third-order valence-corrected chi connectivity index (χ3v) is 8.13. The Labute approximate surface area is 281 Å². The average molecular weight is 659 g/mol. The van der Waals surface area contributed by atoms with Crippen LogP contribution < -0.4 is 21.3 Å². The number of nitrogens with one attached hydrogen (secondary N) is 4. The molecule has 2 aromatic carbocycles. The van der Waals surface area contributed by atoms with E-state index >= 15 is 0 Å². The molecule has 0 radical (unpaired) electrons. The van der Waals surface area contributed by atoms with Crippen molar-refractivity contribution in [2.45, 2.75) is 85.0 Å². The molecule has 12 nitrogen and oxygen atoms in total. The van der Waals surface area contributed by atoms with Crippen LogP contribution in [0.2, 0.25) is 0 Å². The fraction of sp³-hybridized carbons (Fsp3) is 0.444. The van der Waals surface area contributed by atoms with Crippen molar-refractivity contribution >= 4 is 29.5 Å². The van der Waals surface area contributed by atoms with Gasteiger partial charge in [-0.2, -0.15) is 0 Å². The van der Waals surface area contributed by atoms with Crippen LogP contribution in [0.25, 0.3) is 0 Å². The van der Waals surface area contributed by atoms with Gasteiger partial charge in [-0.25, -0.2) is 4.98 Å². The molecule has 0 saturated heterocycles. The van der Waals surface area contributed by atoms with Crippen molar-refractivity contribution in [2.24, 2.45) is 5.92 Å². The van der Waals surface area contributed by atoms with Gasteiger partial charge in [-0.05, 0) is 62.3 Å².